The summed E-state index contributed by atoms with van der Waals surface area (Å²) in [6, 6.07) is 10.8. The van der Waals surface area contributed by atoms with Gasteiger partial charge in [-0.1, -0.05) is 11.6 Å². The lowest BCUT2D eigenvalue weighted by Gasteiger charge is -2.17. The number of ether oxygens (including phenoxy) is 2. The predicted molar refractivity (Wildman–Crippen MR) is 112 cm³/mol. The zero-order chi connectivity index (χ0) is 21.1. The van der Waals surface area contributed by atoms with Crippen LogP contribution < -0.4 is 15.1 Å². The maximum Gasteiger partial charge on any atom is 0.414 e. The molecule has 1 N–H and O–H groups in total. The van der Waals surface area contributed by atoms with E-state index >= 15 is 0 Å². The Balaban J connectivity index is 1.36. The van der Waals surface area contributed by atoms with Gasteiger partial charge < -0.3 is 14.8 Å². The minimum Gasteiger partial charge on any atom is -0.462 e. The van der Waals surface area contributed by atoms with Crippen LogP contribution in [0, 0.1) is 11.5 Å². The number of carbonyl (C=O) groups is 2. The summed E-state index contributed by atoms with van der Waals surface area (Å²) in [4.78, 5) is 31.9. The average molecular weight is 446 g/mol. The molecule has 2 aliphatic rings. The first-order chi connectivity index (χ1) is 14.5. The molecule has 0 saturated carbocycles. The van der Waals surface area contributed by atoms with E-state index in [0.717, 1.165) is 5.69 Å². The zero-order valence-corrected chi connectivity index (χ0v) is 17.2. The quantitative estimate of drug-likeness (QED) is 0.709. The van der Waals surface area contributed by atoms with Gasteiger partial charge in [0.25, 0.3) is 5.91 Å². The molecule has 2 fully saturated rings. The summed E-state index contributed by atoms with van der Waals surface area (Å²) in [7, 11) is 0. The van der Waals surface area contributed by atoms with Crippen molar-refractivity contribution in [3.8, 4) is 6.19 Å². The van der Waals surface area contributed by atoms with E-state index in [-0.39, 0.29) is 18.5 Å². The van der Waals surface area contributed by atoms with Gasteiger partial charge in [-0.15, -0.1) is 16.3 Å². The number of benzene rings is 1. The molecule has 1 aromatic carbocycles. The maximum absolute atomic E-state index is 12.3. The fourth-order valence-electron chi connectivity index (χ4n) is 3.16. The minimum absolute atomic E-state index is 0.202. The van der Waals surface area contributed by atoms with Gasteiger partial charge in [-0.25, -0.2) is 4.79 Å². The number of rotatable bonds is 5. The molecular weight excluding hydrogens is 430 g/mol. The van der Waals surface area contributed by atoms with E-state index in [1.807, 2.05) is 12.1 Å². The zero-order valence-electron chi connectivity index (χ0n) is 15.6. The van der Waals surface area contributed by atoms with Crippen molar-refractivity contribution < 1.29 is 19.1 Å². The molecule has 3 heterocycles. The Kier molecular flexibility index (Phi) is 5.74. The number of nitrogens with zero attached hydrogens (tertiary/aromatic N) is 4. The van der Waals surface area contributed by atoms with Crippen LogP contribution >= 0.6 is 22.9 Å². The van der Waals surface area contributed by atoms with Gasteiger partial charge in [0.2, 0.25) is 6.19 Å². The van der Waals surface area contributed by atoms with Gasteiger partial charge in [0.05, 0.1) is 28.8 Å². The Morgan fingerprint density at radius 1 is 1.27 bits per heavy atom. The highest BCUT2D eigenvalue weighted by atomic mass is 35.5. The van der Waals surface area contributed by atoms with Gasteiger partial charge in [-0.05, 0) is 36.4 Å². The maximum atomic E-state index is 12.3. The third kappa shape index (κ3) is 4.17. The van der Waals surface area contributed by atoms with E-state index in [1.165, 1.54) is 16.2 Å². The molecule has 0 bridgehead atoms. The number of nitriles is 1. The Bertz CT molecular complexity index is 1030. The van der Waals surface area contributed by atoms with Gasteiger partial charge in [-0.3, -0.25) is 14.6 Å². The number of hydrogen-bond acceptors (Lipinski definition) is 7. The Morgan fingerprint density at radius 2 is 2.00 bits per heavy atom. The first-order valence-electron chi connectivity index (χ1n) is 9.04. The van der Waals surface area contributed by atoms with Crippen LogP contribution in [0.2, 0.25) is 4.34 Å². The third-order valence-electron chi connectivity index (χ3n) is 4.56. The molecule has 2 aromatic rings. The number of carbonyl (C=O) groups excluding carboxylic acids is 2. The monoisotopic (exact) mass is 445 g/mol. The number of thiophene rings is 1. The molecule has 0 radical (unpaired) electrons. The van der Waals surface area contributed by atoms with E-state index < -0.39 is 12.2 Å². The van der Waals surface area contributed by atoms with Crippen molar-refractivity contribution in [2.75, 3.05) is 36.0 Å². The van der Waals surface area contributed by atoms with Crippen molar-refractivity contribution in [1.29, 1.82) is 5.26 Å². The Labute approximate surface area is 181 Å². The summed E-state index contributed by atoms with van der Waals surface area (Å²) >= 11 is 7.03. The van der Waals surface area contributed by atoms with E-state index in [0.29, 0.717) is 34.6 Å². The second-order valence-electron chi connectivity index (χ2n) is 6.44. The number of anilines is 2. The van der Waals surface area contributed by atoms with E-state index in [4.69, 9.17) is 26.3 Å². The van der Waals surface area contributed by atoms with Crippen molar-refractivity contribution in [2.24, 2.45) is 4.99 Å². The van der Waals surface area contributed by atoms with Crippen molar-refractivity contribution >= 4 is 52.3 Å². The molecule has 30 heavy (non-hydrogen) atoms. The smallest absolute Gasteiger partial charge is 0.414 e. The fourth-order valence-corrected chi connectivity index (χ4v) is 4.12. The number of nitrogens with one attached hydrogen (secondary N) is 1. The molecule has 2 aliphatic heterocycles. The minimum atomic E-state index is -0.475. The highest BCUT2D eigenvalue weighted by molar-refractivity contribution is 7.18. The summed E-state index contributed by atoms with van der Waals surface area (Å²) in [5.74, 6) is -0.256. The Hall–Kier alpha value is -3.29. The van der Waals surface area contributed by atoms with E-state index in [1.54, 1.807) is 35.4 Å². The van der Waals surface area contributed by atoms with Gasteiger partial charge >= 0.3 is 12.1 Å². The molecule has 1 aromatic heterocycles. The number of aliphatic imine (C=N–C) groups is 1. The van der Waals surface area contributed by atoms with Crippen LogP contribution in [0.25, 0.3) is 0 Å². The summed E-state index contributed by atoms with van der Waals surface area (Å²) in [5.41, 5.74) is 1.47. The fraction of sp³-hybridized carbons (Fsp3) is 0.263. The SMILES string of the molecule is N#C/N=C1\OCCN1c1ccc(N2C[C@H](CNC(=O)c3ccc(Cl)s3)OC2=O)cc1. The van der Waals surface area contributed by atoms with Crippen molar-refractivity contribution in [3.05, 3.63) is 45.6 Å². The first-order valence-corrected chi connectivity index (χ1v) is 10.2. The molecule has 0 unspecified atom stereocenters. The highest BCUT2D eigenvalue weighted by Gasteiger charge is 2.33. The van der Waals surface area contributed by atoms with Crippen molar-refractivity contribution in [3.63, 3.8) is 0 Å². The lowest BCUT2D eigenvalue weighted by Crippen LogP contribution is -2.34. The molecule has 11 heteroatoms. The first kappa shape index (κ1) is 20.0. The average Bonchev–Trinajstić information content (AvgIpc) is 3.47. The van der Waals surface area contributed by atoms with Gasteiger partial charge in [0.15, 0.2) is 0 Å². The summed E-state index contributed by atoms with van der Waals surface area (Å²) in [6.45, 7) is 1.56. The third-order valence-corrected chi connectivity index (χ3v) is 5.79. The lowest BCUT2D eigenvalue weighted by molar-refractivity contribution is 0.0920. The number of hydrogen-bond donors (Lipinski definition) is 1. The van der Waals surface area contributed by atoms with Crippen LogP contribution in [0.5, 0.6) is 0 Å². The molecule has 2 amide bonds. The van der Waals surface area contributed by atoms with E-state index in [2.05, 4.69) is 10.3 Å². The largest absolute Gasteiger partial charge is 0.462 e. The Morgan fingerprint density at radius 3 is 2.67 bits per heavy atom. The molecule has 0 spiro atoms. The highest BCUT2D eigenvalue weighted by Crippen LogP contribution is 2.26. The molecule has 154 valence electrons. The topological polar surface area (TPSA) is 107 Å². The molecular formula is C19H16ClN5O4S. The van der Waals surface area contributed by atoms with Crippen LogP contribution in [0.4, 0.5) is 16.2 Å². The van der Waals surface area contributed by atoms with Crippen LogP contribution in [0.15, 0.2) is 41.4 Å². The summed E-state index contributed by atoms with van der Waals surface area (Å²) < 4.78 is 11.2. The normalized spacial score (nSPS) is 19.5. The van der Waals surface area contributed by atoms with Gasteiger partial charge in [-0.2, -0.15) is 5.26 Å². The summed E-state index contributed by atoms with van der Waals surface area (Å²) in [5, 5.41) is 11.5. The van der Waals surface area contributed by atoms with Crippen LogP contribution in [0.1, 0.15) is 9.67 Å². The number of amides is 2. The van der Waals surface area contributed by atoms with Gasteiger partial charge in [0, 0.05) is 11.4 Å². The molecule has 0 aliphatic carbocycles. The molecule has 1 atom stereocenters. The number of amidine groups is 1. The van der Waals surface area contributed by atoms with Crippen molar-refractivity contribution in [2.45, 2.75) is 6.10 Å². The standard InChI is InChI=1S/C19H16ClN5O4S/c20-16-6-5-15(30-16)17(26)22-9-14-10-25(19(27)29-14)13-3-1-12(2-4-13)24-7-8-28-18(24)23-11-21/h1-6,14H,7-10H2,(H,22,26)/b23-18-/t14-/m0/s1. The lowest BCUT2D eigenvalue weighted by atomic mass is 10.2. The number of halogens is 1. The van der Waals surface area contributed by atoms with E-state index in [9.17, 15) is 9.59 Å². The van der Waals surface area contributed by atoms with Crippen LogP contribution in [0.3, 0.4) is 0 Å². The second kappa shape index (κ2) is 8.61. The molecule has 9 nitrogen and oxygen atoms in total. The van der Waals surface area contributed by atoms with Crippen molar-refractivity contribution in [1.82, 2.24) is 5.32 Å². The number of cyclic esters (lactones) is 1. The van der Waals surface area contributed by atoms with Crippen LogP contribution in [-0.2, 0) is 9.47 Å². The summed E-state index contributed by atoms with van der Waals surface area (Å²) in [6.07, 6.45) is 0.789. The molecule has 4 rings (SSSR count). The molecule has 2 saturated heterocycles. The van der Waals surface area contributed by atoms with Gasteiger partial charge in [0.1, 0.15) is 12.7 Å². The predicted octanol–water partition coefficient (Wildman–Crippen LogP) is 2.83. The second-order valence-corrected chi connectivity index (χ2v) is 8.16. The van der Waals surface area contributed by atoms with Crippen LogP contribution in [-0.4, -0.2) is 50.4 Å².